The van der Waals surface area contributed by atoms with Crippen molar-refractivity contribution in [1.82, 2.24) is 5.32 Å². The Kier molecular flexibility index (Phi) is 6.86. The molecule has 3 atom stereocenters. The Labute approximate surface area is 121 Å². The van der Waals surface area contributed by atoms with Gasteiger partial charge in [0, 0.05) is 5.54 Å². The molecule has 3 unspecified atom stereocenters. The fourth-order valence-corrected chi connectivity index (χ4v) is 3.89. The molecule has 0 aliphatic heterocycles. The summed E-state index contributed by atoms with van der Waals surface area (Å²) in [4.78, 5) is 0. The number of hydrogen-bond acceptors (Lipinski definition) is 1. The molecule has 0 saturated heterocycles. The van der Waals surface area contributed by atoms with Gasteiger partial charge in [-0.25, -0.2) is 0 Å². The fourth-order valence-electron chi connectivity index (χ4n) is 3.89. The Balaban J connectivity index is 2.64. The minimum atomic E-state index is 0.264. The van der Waals surface area contributed by atoms with Crippen LogP contribution < -0.4 is 5.32 Å². The predicted molar refractivity (Wildman–Crippen MR) is 86.4 cm³/mol. The summed E-state index contributed by atoms with van der Waals surface area (Å²) in [6.45, 7) is 15.2. The second-order valence-corrected chi connectivity index (χ2v) is 7.72. The van der Waals surface area contributed by atoms with Gasteiger partial charge >= 0.3 is 0 Å². The molecule has 1 heteroatoms. The van der Waals surface area contributed by atoms with Crippen LogP contribution in [0.2, 0.25) is 0 Å². The van der Waals surface area contributed by atoms with E-state index in [1.165, 1.54) is 45.1 Å². The number of nitrogens with one attached hydrogen (secondary N) is 1. The van der Waals surface area contributed by atoms with Gasteiger partial charge in [0.2, 0.25) is 0 Å². The van der Waals surface area contributed by atoms with Crippen molar-refractivity contribution in [1.29, 1.82) is 0 Å². The van der Waals surface area contributed by atoms with Crippen LogP contribution in [0.25, 0.3) is 0 Å². The summed E-state index contributed by atoms with van der Waals surface area (Å²) in [7, 11) is 0. The van der Waals surface area contributed by atoms with E-state index in [4.69, 9.17) is 0 Å². The highest BCUT2D eigenvalue weighted by Crippen LogP contribution is 2.41. The summed E-state index contributed by atoms with van der Waals surface area (Å²) < 4.78 is 0. The Morgan fingerprint density at radius 2 is 1.68 bits per heavy atom. The molecule has 0 aromatic heterocycles. The van der Waals surface area contributed by atoms with E-state index in [1.807, 2.05) is 0 Å². The predicted octanol–water partition coefficient (Wildman–Crippen LogP) is 5.25. The molecule has 1 rings (SSSR count). The summed E-state index contributed by atoms with van der Waals surface area (Å²) in [6, 6.07) is 0. The van der Waals surface area contributed by atoms with E-state index in [1.54, 1.807) is 0 Å². The maximum Gasteiger partial charge on any atom is 0.00966 e. The van der Waals surface area contributed by atoms with Gasteiger partial charge in [-0.3, -0.25) is 0 Å². The molecule has 0 heterocycles. The third-order valence-electron chi connectivity index (χ3n) is 5.28. The molecule has 0 amide bonds. The molecule has 0 radical (unpaired) electrons. The molecule has 1 nitrogen and oxygen atoms in total. The second-order valence-electron chi connectivity index (χ2n) is 7.72. The maximum atomic E-state index is 3.76. The molecule has 1 fully saturated rings. The zero-order chi connectivity index (χ0) is 14.5. The van der Waals surface area contributed by atoms with Crippen LogP contribution in [0.1, 0.15) is 80.1 Å². The van der Waals surface area contributed by atoms with Crippen LogP contribution >= 0.6 is 0 Å². The van der Waals surface area contributed by atoms with Crippen LogP contribution in [0.3, 0.4) is 0 Å². The highest BCUT2D eigenvalue weighted by Gasteiger charge is 2.33. The highest BCUT2D eigenvalue weighted by atomic mass is 14.9. The minimum Gasteiger partial charge on any atom is -0.312 e. The molecule has 1 aliphatic rings. The standard InChI is InChI=1S/C18H37N/c1-7-14-10-11-16(13-19-18(4,5)6)17(12-14)15(8-2)9-3/h14-17,19H,7-13H2,1-6H3. The monoisotopic (exact) mass is 267 g/mol. The minimum absolute atomic E-state index is 0.264. The zero-order valence-electron chi connectivity index (χ0n) is 14.3. The molecular weight excluding hydrogens is 230 g/mol. The van der Waals surface area contributed by atoms with Gasteiger partial charge in [-0.15, -0.1) is 0 Å². The van der Waals surface area contributed by atoms with Gasteiger partial charge in [0.1, 0.15) is 0 Å². The summed E-state index contributed by atoms with van der Waals surface area (Å²) >= 11 is 0. The molecule has 0 aromatic rings. The van der Waals surface area contributed by atoms with Gasteiger partial charge in [0.05, 0.1) is 0 Å². The lowest BCUT2D eigenvalue weighted by atomic mass is 9.66. The van der Waals surface area contributed by atoms with Crippen LogP contribution in [0.15, 0.2) is 0 Å². The van der Waals surface area contributed by atoms with E-state index >= 15 is 0 Å². The lowest BCUT2D eigenvalue weighted by Gasteiger charge is -2.41. The maximum absolute atomic E-state index is 3.76. The molecule has 1 saturated carbocycles. The first kappa shape index (κ1) is 17.0. The summed E-state index contributed by atoms with van der Waals surface area (Å²) in [5.41, 5.74) is 0.264. The van der Waals surface area contributed by atoms with Crippen LogP contribution in [0.4, 0.5) is 0 Å². The van der Waals surface area contributed by atoms with E-state index in [2.05, 4.69) is 46.9 Å². The van der Waals surface area contributed by atoms with Gasteiger partial charge in [-0.1, -0.05) is 46.5 Å². The van der Waals surface area contributed by atoms with Gasteiger partial charge in [-0.2, -0.15) is 0 Å². The van der Waals surface area contributed by atoms with Crippen LogP contribution in [-0.2, 0) is 0 Å². The van der Waals surface area contributed by atoms with Gasteiger partial charge in [0.15, 0.2) is 0 Å². The Morgan fingerprint density at radius 3 is 2.16 bits per heavy atom. The third-order valence-corrected chi connectivity index (χ3v) is 5.28. The number of rotatable bonds is 6. The molecule has 19 heavy (non-hydrogen) atoms. The van der Waals surface area contributed by atoms with E-state index < -0.39 is 0 Å². The van der Waals surface area contributed by atoms with E-state index in [0.29, 0.717) is 0 Å². The Bertz CT molecular complexity index is 237. The van der Waals surface area contributed by atoms with Crippen molar-refractivity contribution in [3.63, 3.8) is 0 Å². The summed E-state index contributed by atoms with van der Waals surface area (Å²) in [6.07, 6.45) is 8.51. The van der Waals surface area contributed by atoms with Crippen molar-refractivity contribution in [2.24, 2.45) is 23.7 Å². The zero-order valence-corrected chi connectivity index (χ0v) is 14.3. The summed E-state index contributed by atoms with van der Waals surface area (Å²) in [5, 5.41) is 3.76. The normalized spacial score (nSPS) is 28.9. The summed E-state index contributed by atoms with van der Waals surface area (Å²) in [5.74, 6) is 3.81. The average Bonchev–Trinajstić information content (AvgIpc) is 2.37. The van der Waals surface area contributed by atoms with E-state index in [-0.39, 0.29) is 5.54 Å². The van der Waals surface area contributed by atoms with E-state index in [9.17, 15) is 0 Å². The quantitative estimate of drug-likeness (QED) is 0.693. The number of hydrogen-bond donors (Lipinski definition) is 1. The van der Waals surface area contributed by atoms with Crippen molar-refractivity contribution in [3.8, 4) is 0 Å². The van der Waals surface area contributed by atoms with Gasteiger partial charge < -0.3 is 5.32 Å². The molecule has 1 aliphatic carbocycles. The van der Waals surface area contributed by atoms with Crippen molar-refractivity contribution in [2.45, 2.75) is 85.6 Å². The SMILES string of the molecule is CCC1CCC(CNC(C)(C)C)C(C(CC)CC)C1. The first-order valence-electron chi connectivity index (χ1n) is 8.66. The molecule has 0 bridgehead atoms. The molecule has 1 N–H and O–H groups in total. The Hall–Kier alpha value is -0.0400. The molecular formula is C18H37N. The first-order valence-corrected chi connectivity index (χ1v) is 8.66. The third kappa shape index (κ3) is 5.45. The fraction of sp³-hybridized carbons (Fsp3) is 1.00. The second kappa shape index (κ2) is 7.67. The van der Waals surface area contributed by atoms with E-state index in [0.717, 1.165) is 23.7 Å². The van der Waals surface area contributed by atoms with Gasteiger partial charge in [-0.05, 0) is 63.8 Å². The Morgan fingerprint density at radius 1 is 1.05 bits per heavy atom. The van der Waals surface area contributed by atoms with Gasteiger partial charge in [0.25, 0.3) is 0 Å². The van der Waals surface area contributed by atoms with Crippen molar-refractivity contribution in [3.05, 3.63) is 0 Å². The average molecular weight is 268 g/mol. The van der Waals surface area contributed by atoms with Crippen molar-refractivity contribution >= 4 is 0 Å². The van der Waals surface area contributed by atoms with Crippen molar-refractivity contribution < 1.29 is 0 Å². The topological polar surface area (TPSA) is 12.0 Å². The molecule has 114 valence electrons. The lowest BCUT2D eigenvalue weighted by Crippen LogP contribution is -2.43. The van der Waals surface area contributed by atoms with Crippen LogP contribution in [0.5, 0.6) is 0 Å². The largest absolute Gasteiger partial charge is 0.312 e. The highest BCUT2D eigenvalue weighted by molar-refractivity contribution is 4.86. The van der Waals surface area contributed by atoms with Crippen LogP contribution in [0, 0.1) is 23.7 Å². The van der Waals surface area contributed by atoms with Crippen molar-refractivity contribution in [2.75, 3.05) is 6.54 Å². The first-order chi connectivity index (χ1) is 8.91. The van der Waals surface area contributed by atoms with Crippen LogP contribution in [-0.4, -0.2) is 12.1 Å². The molecule has 0 aromatic carbocycles. The smallest absolute Gasteiger partial charge is 0.00966 e. The molecule has 0 spiro atoms. The lowest BCUT2D eigenvalue weighted by molar-refractivity contribution is 0.105.